The molecule has 1 rings (SSSR count). The molecule has 2 heteroatoms. The van der Waals surface area contributed by atoms with E-state index in [0.717, 1.165) is 17.5 Å². The number of para-hydroxylation sites is 1. The zero-order chi connectivity index (χ0) is 12.0. The molecule has 1 atom stereocenters. The Bertz CT molecular complexity index is 324. The first-order valence-corrected chi connectivity index (χ1v) is 6.95. The van der Waals surface area contributed by atoms with Crippen molar-refractivity contribution < 1.29 is 4.74 Å². The molecule has 0 spiro atoms. The highest BCUT2D eigenvalue weighted by Crippen LogP contribution is 2.33. The maximum absolute atomic E-state index is 5.40. The molecule has 0 fully saturated rings. The summed E-state index contributed by atoms with van der Waals surface area (Å²) in [5, 5.41) is 1.03. The summed E-state index contributed by atoms with van der Waals surface area (Å²) in [5.74, 6) is 1.01. The molecule has 0 aliphatic rings. The van der Waals surface area contributed by atoms with Crippen LogP contribution in [0.2, 0.25) is 0 Å². The van der Waals surface area contributed by atoms with Crippen molar-refractivity contribution >= 4 is 15.9 Å². The Morgan fingerprint density at radius 3 is 2.56 bits per heavy atom. The van der Waals surface area contributed by atoms with Gasteiger partial charge in [-0.05, 0) is 29.9 Å². The summed E-state index contributed by atoms with van der Waals surface area (Å²) in [6.07, 6.45) is 3.52. The molecule has 0 aliphatic heterocycles. The van der Waals surface area contributed by atoms with Gasteiger partial charge in [-0.25, -0.2) is 0 Å². The third-order valence-corrected chi connectivity index (χ3v) is 4.34. The fourth-order valence-electron chi connectivity index (χ4n) is 2.11. The molecule has 0 heterocycles. The summed E-state index contributed by atoms with van der Waals surface area (Å²) in [5.41, 5.74) is 1.63. The first-order chi connectivity index (χ1) is 7.65. The first kappa shape index (κ1) is 13.6. The van der Waals surface area contributed by atoms with Crippen LogP contribution in [0, 0.1) is 5.41 Å². The second-order valence-electron chi connectivity index (χ2n) is 4.68. The van der Waals surface area contributed by atoms with E-state index in [1.165, 1.54) is 18.4 Å². The van der Waals surface area contributed by atoms with Crippen molar-refractivity contribution in [1.82, 2.24) is 0 Å². The minimum atomic E-state index is 0.323. The molecule has 0 radical (unpaired) electrons. The molecule has 0 saturated heterocycles. The van der Waals surface area contributed by atoms with Gasteiger partial charge >= 0.3 is 0 Å². The lowest BCUT2D eigenvalue weighted by Gasteiger charge is -2.27. The highest BCUT2D eigenvalue weighted by Gasteiger charge is 2.23. The molecule has 0 aliphatic carbocycles. The molecular weight excluding hydrogens is 264 g/mol. The highest BCUT2D eigenvalue weighted by molar-refractivity contribution is 9.09. The highest BCUT2D eigenvalue weighted by atomic mass is 79.9. The number of rotatable bonds is 6. The van der Waals surface area contributed by atoms with Crippen LogP contribution in [-0.4, -0.2) is 12.4 Å². The van der Waals surface area contributed by atoms with E-state index >= 15 is 0 Å². The topological polar surface area (TPSA) is 9.23 Å². The van der Waals surface area contributed by atoms with E-state index in [0.29, 0.717) is 5.41 Å². The zero-order valence-corrected chi connectivity index (χ0v) is 12.0. The van der Waals surface area contributed by atoms with Crippen molar-refractivity contribution in [3.8, 4) is 5.75 Å². The van der Waals surface area contributed by atoms with E-state index in [4.69, 9.17) is 4.74 Å². The molecule has 1 aromatic rings. The van der Waals surface area contributed by atoms with Crippen molar-refractivity contribution in [3.63, 3.8) is 0 Å². The Morgan fingerprint density at radius 2 is 2.00 bits per heavy atom. The van der Waals surface area contributed by atoms with Gasteiger partial charge in [-0.2, -0.15) is 0 Å². The lowest BCUT2D eigenvalue weighted by atomic mass is 9.81. The van der Waals surface area contributed by atoms with Crippen LogP contribution in [0.3, 0.4) is 0 Å². The predicted molar refractivity (Wildman–Crippen MR) is 73.5 cm³/mol. The van der Waals surface area contributed by atoms with Gasteiger partial charge < -0.3 is 4.74 Å². The number of hydrogen-bond donors (Lipinski definition) is 0. The zero-order valence-electron chi connectivity index (χ0n) is 10.4. The van der Waals surface area contributed by atoms with Crippen molar-refractivity contribution in [3.05, 3.63) is 29.8 Å². The number of halogens is 1. The third-order valence-electron chi connectivity index (χ3n) is 2.99. The van der Waals surface area contributed by atoms with Crippen molar-refractivity contribution in [2.45, 2.75) is 33.1 Å². The van der Waals surface area contributed by atoms with Gasteiger partial charge in [0.25, 0.3) is 0 Å². The molecule has 0 N–H and O–H groups in total. The second kappa shape index (κ2) is 6.29. The van der Waals surface area contributed by atoms with Gasteiger partial charge in [0.1, 0.15) is 5.75 Å². The number of ether oxygens (including phenoxy) is 1. The van der Waals surface area contributed by atoms with Crippen molar-refractivity contribution in [2.24, 2.45) is 5.41 Å². The maximum Gasteiger partial charge on any atom is 0.122 e. The predicted octanol–water partition coefficient (Wildman–Crippen LogP) is 4.44. The molecule has 0 aromatic heterocycles. The summed E-state index contributed by atoms with van der Waals surface area (Å²) < 4.78 is 5.40. The Morgan fingerprint density at radius 1 is 1.31 bits per heavy atom. The van der Waals surface area contributed by atoms with Gasteiger partial charge in [0.15, 0.2) is 0 Å². The van der Waals surface area contributed by atoms with Crippen LogP contribution >= 0.6 is 15.9 Å². The first-order valence-electron chi connectivity index (χ1n) is 5.83. The minimum absolute atomic E-state index is 0.323. The summed E-state index contributed by atoms with van der Waals surface area (Å²) in [6, 6.07) is 8.30. The monoisotopic (exact) mass is 284 g/mol. The fraction of sp³-hybridized carbons (Fsp3) is 0.571. The van der Waals surface area contributed by atoms with E-state index in [-0.39, 0.29) is 0 Å². The maximum atomic E-state index is 5.40. The van der Waals surface area contributed by atoms with E-state index in [9.17, 15) is 0 Å². The van der Waals surface area contributed by atoms with Crippen molar-refractivity contribution in [1.29, 1.82) is 0 Å². The molecule has 0 saturated carbocycles. The number of methoxy groups -OCH3 is 1. The third kappa shape index (κ3) is 3.51. The number of hydrogen-bond acceptors (Lipinski definition) is 1. The van der Waals surface area contributed by atoms with Crippen LogP contribution in [-0.2, 0) is 6.42 Å². The summed E-state index contributed by atoms with van der Waals surface area (Å²) >= 11 is 3.64. The molecule has 0 bridgehead atoms. The van der Waals surface area contributed by atoms with E-state index in [1.54, 1.807) is 7.11 Å². The van der Waals surface area contributed by atoms with Crippen LogP contribution in [0.15, 0.2) is 24.3 Å². The van der Waals surface area contributed by atoms with E-state index in [2.05, 4.69) is 41.9 Å². The normalized spacial score (nSPS) is 14.5. The lowest BCUT2D eigenvalue weighted by Crippen LogP contribution is -2.21. The van der Waals surface area contributed by atoms with Gasteiger partial charge in [0, 0.05) is 5.33 Å². The van der Waals surface area contributed by atoms with Crippen LogP contribution < -0.4 is 4.74 Å². The van der Waals surface area contributed by atoms with Crippen LogP contribution in [0.25, 0.3) is 0 Å². The molecule has 1 unspecified atom stereocenters. The van der Waals surface area contributed by atoms with Crippen LogP contribution in [0.4, 0.5) is 0 Å². The fourth-order valence-corrected chi connectivity index (χ4v) is 2.59. The second-order valence-corrected chi connectivity index (χ2v) is 5.24. The van der Waals surface area contributed by atoms with Gasteiger partial charge in [-0.1, -0.05) is 54.4 Å². The van der Waals surface area contributed by atoms with Crippen molar-refractivity contribution in [2.75, 3.05) is 12.4 Å². The van der Waals surface area contributed by atoms with Gasteiger partial charge in [-0.3, -0.25) is 0 Å². The average Bonchev–Trinajstić information content (AvgIpc) is 2.30. The lowest BCUT2D eigenvalue weighted by molar-refractivity contribution is 0.330. The Kier molecular flexibility index (Phi) is 5.33. The molecule has 1 nitrogen and oxygen atoms in total. The van der Waals surface area contributed by atoms with E-state index in [1.807, 2.05) is 12.1 Å². The van der Waals surface area contributed by atoms with Gasteiger partial charge in [-0.15, -0.1) is 0 Å². The average molecular weight is 285 g/mol. The molecular formula is C14H21BrO. The van der Waals surface area contributed by atoms with E-state index < -0.39 is 0 Å². The Labute approximate surface area is 107 Å². The Hall–Kier alpha value is -0.500. The minimum Gasteiger partial charge on any atom is -0.496 e. The standard InChI is InChI=1S/C14H21BrO/c1-4-9-14(2,11-15)10-12-7-5-6-8-13(12)16-3/h5-8H,4,9-11H2,1-3H3. The number of alkyl halides is 1. The quantitative estimate of drug-likeness (QED) is 0.702. The summed E-state index contributed by atoms with van der Waals surface area (Å²) in [7, 11) is 1.74. The SMILES string of the molecule is CCCC(C)(CBr)Cc1ccccc1OC. The molecule has 90 valence electrons. The van der Waals surface area contributed by atoms with Crippen LogP contribution in [0.1, 0.15) is 32.3 Å². The Balaban J connectivity index is 2.85. The largest absolute Gasteiger partial charge is 0.496 e. The number of benzene rings is 1. The summed E-state index contributed by atoms with van der Waals surface area (Å²) in [6.45, 7) is 4.57. The van der Waals surface area contributed by atoms with Crippen LogP contribution in [0.5, 0.6) is 5.75 Å². The van der Waals surface area contributed by atoms with Gasteiger partial charge in [0.2, 0.25) is 0 Å². The molecule has 16 heavy (non-hydrogen) atoms. The smallest absolute Gasteiger partial charge is 0.122 e. The molecule has 1 aromatic carbocycles. The summed E-state index contributed by atoms with van der Waals surface area (Å²) in [4.78, 5) is 0. The van der Waals surface area contributed by atoms with Gasteiger partial charge in [0.05, 0.1) is 7.11 Å². The molecule has 0 amide bonds.